The normalized spacial score (nSPS) is 40.6. The van der Waals surface area contributed by atoms with Crippen LogP contribution >= 0.6 is 0 Å². The second kappa shape index (κ2) is 11.6. The summed E-state index contributed by atoms with van der Waals surface area (Å²) in [6.45, 7) is 15.5. The minimum atomic E-state index is -1.15. The first kappa shape index (κ1) is 34.4. The number of halogens is 1. The number of benzene rings is 1. The van der Waals surface area contributed by atoms with E-state index in [1.807, 2.05) is 0 Å². The number of hydrogen-bond donors (Lipinski definition) is 2. The number of nitrogens with one attached hydrogen (secondary N) is 1. The zero-order chi connectivity index (χ0) is 34.2. The maximum absolute atomic E-state index is 13.8. The van der Waals surface area contributed by atoms with Gasteiger partial charge in [-0.25, -0.2) is 4.39 Å². The van der Waals surface area contributed by atoms with Crippen LogP contribution in [0.15, 0.2) is 24.3 Å². The number of esters is 1. The van der Waals surface area contributed by atoms with E-state index in [-0.39, 0.29) is 51.3 Å². The van der Waals surface area contributed by atoms with E-state index in [2.05, 4.69) is 39.9 Å². The first-order chi connectivity index (χ1) is 21.9. The van der Waals surface area contributed by atoms with E-state index < -0.39 is 17.4 Å². The predicted octanol–water partition coefficient (Wildman–Crippen LogP) is 9.42. The number of fused-ring (bicyclic) bond motifs is 7. The van der Waals surface area contributed by atoms with E-state index in [0.29, 0.717) is 35.8 Å². The van der Waals surface area contributed by atoms with Crippen LogP contribution in [-0.4, -0.2) is 29.1 Å². The molecule has 0 bridgehead atoms. The number of rotatable bonds is 7. The molecule has 5 fully saturated rings. The number of amides is 1. The quantitative estimate of drug-likeness (QED) is 0.287. The van der Waals surface area contributed by atoms with E-state index in [4.69, 9.17) is 4.74 Å². The summed E-state index contributed by atoms with van der Waals surface area (Å²) >= 11 is 0. The Hall–Kier alpha value is -2.44. The summed E-state index contributed by atoms with van der Waals surface area (Å²) in [7, 11) is 0. The summed E-state index contributed by atoms with van der Waals surface area (Å²) in [5, 5.41) is 12.6. The number of anilines is 1. The second-order valence-electron chi connectivity index (χ2n) is 18.5. The van der Waals surface area contributed by atoms with Crippen molar-refractivity contribution in [2.24, 2.45) is 56.2 Å². The number of hydrogen-bond acceptors (Lipinski definition) is 4. The fourth-order valence-electron chi connectivity index (χ4n) is 12.9. The number of carbonyl (C=O) groups excluding carboxylic acids is 2. The Morgan fingerprint density at radius 3 is 2.34 bits per heavy atom. The van der Waals surface area contributed by atoms with Gasteiger partial charge in [0.2, 0.25) is 5.91 Å². The topological polar surface area (TPSA) is 92.7 Å². The van der Waals surface area contributed by atoms with Gasteiger partial charge in [-0.3, -0.25) is 14.4 Å². The van der Waals surface area contributed by atoms with Crippen molar-refractivity contribution in [2.45, 2.75) is 138 Å². The molecule has 0 radical (unpaired) electrons. The third-order valence-corrected chi connectivity index (χ3v) is 15.5. The monoisotopic (exact) mass is 651 g/mol. The lowest BCUT2D eigenvalue weighted by molar-refractivity contribution is -0.248. The van der Waals surface area contributed by atoms with E-state index in [9.17, 15) is 23.9 Å². The summed E-state index contributed by atoms with van der Waals surface area (Å²) in [5.41, 5.74) is -0.225. The van der Waals surface area contributed by atoms with Gasteiger partial charge in [0.25, 0.3) is 0 Å². The molecule has 5 aliphatic carbocycles. The van der Waals surface area contributed by atoms with Gasteiger partial charge in [-0.1, -0.05) is 47.1 Å². The summed E-state index contributed by atoms with van der Waals surface area (Å²) in [4.78, 5) is 38.1. The van der Waals surface area contributed by atoms with Gasteiger partial charge in [-0.15, -0.1) is 0 Å². The van der Waals surface area contributed by atoms with E-state index in [1.54, 1.807) is 26.0 Å². The molecule has 1 aromatic rings. The molecule has 9 atom stereocenters. The Morgan fingerprint density at radius 2 is 1.64 bits per heavy atom. The first-order valence-corrected chi connectivity index (χ1v) is 18.4. The Kier molecular flexibility index (Phi) is 8.48. The molecule has 0 aliphatic heterocycles. The third kappa shape index (κ3) is 5.44. The van der Waals surface area contributed by atoms with Crippen LogP contribution in [0, 0.1) is 62.0 Å². The molecule has 47 heavy (non-hydrogen) atoms. The number of aliphatic carboxylic acids is 1. The number of carboxylic acid groups (broad SMARTS) is 1. The van der Waals surface area contributed by atoms with Crippen molar-refractivity contribution in [3.8, 4) is 0 Å². The maximum atomic E-state index is 13.8. The molecule has 6 rings (SSSR count). The van der Waals surface area contributed by atoms with Crippen LogP contribution in [0.1, 0.15) is 132 Å². The van der Waals surface area contributed by atoms with Crippen molar-refractivity contribution < 1.29 is 28.6 Å². The molecule has 1 aromatic carbocycles. The van der Waals surface area contributed by atoms with Gasteiger partial charge in [-0.05, 0) is 142 Å². The van der Waals surface area contributed by atoms with Gasteiger partial charge in [0.15, 0.2) is 0 Å². The van der Waals surface area contributed by atoms with Crippen LogP contribution in [0.25, 0.3) is 0 Å². The molecule has 6 nitrogen and oxygen atoms in total. The molecule has 1 amide bonds. The number of carbonyl (C=O) groups is 3. The number of ether oxygens (including phenoxy) is 1. The lowest BCUT2D eigenvalue weighted by Gasteiger charge is -2.72. The van der Waals surface area contributed by atoms with Gasteiger partial charge in [-0.2, -0.15) is 0 Å². The van der Waals surface area contributed by atoms with Gasteiger partial charge >= 0.3 is 11.9 Å². The highest BCUT2D eigenvalue weighted by atomic mass is 19.1. The van der Waals surface area contributed by atoms with Crippen molar-refractivity contribution in [1.82, 2.24) is 0 Å². The van der Waals surface area contributed by atoms with Crippen molar-refractivity contribution in [3.05, 3.63) is 30.1 Å². The molecule has 5 aliphatic rings. The molecule has 0 spiro atoms. The van der Waals surface area contributed by atoms with E-state index in [0.717, 1.165) is 38.5 Å². The molecular weight excluding hydrogens is 593 g/mol. The fraction of sp³-hybridized carbons (Fsp3) is 0.775. The molecular formula is C40H58FNO5. The Bertz CT molecular complexity index is 1420. The summed E-state index contributed by atoms with van der Waals surface area (Å²) < 4.78 is 20.0. The highest BCUT2D eigenvalue weighted by molar-refractivity contribution is 5.91. The zero-order valence-corrected chi connectivity index (χ0v) is 29.8. The van der Waals surface area contributed by atoms with Crippen LogP contribution in [0.3, 0.4) is 0 Å². The molecule has 260 valence electrons. The molecule has 2 unspecified atom stereocenters. The van der Waals surface area contributed by atoms with Gasteiger partial charge in [0.1, 0.15) is 11.9 Å². The summed E-state index contributed by atoms with van der Waals surface area (Å²) in [6.07, 6.45) is 12.5. The SMILES string of the molecule is CC(C)(CC(=O)O[C@H]1CC[C@@]2(C)C(CC[C@]3(C)C2CC[C@@H]2[C@H]4CCC[C@]4(CC(=O)Nc4cccc(F)c4)CC[C@]23C)C1(C)C)C(=O)O. The number of carboxylic acids is 1. The van der Waals surface area contributed by atoms with Crippen molar-refractivity contribution in [2.75, 3.05) is 5.32 Å². The van der Waals surface area contributed by atoms with E-state index >= 15 is 0 Å². The lowest BCUT2D eigenvalue weighted by atomic mass is 9.32. The average Bonchev–Trinajstić information content (AvgIpc) is 3.38. The maximum Gasteiger partial charge on any atom is 0.309 e. The first-order valence-electron chi connectivity index (χ1n) is 18.4. The average molecular weight is 652 g/mol. The Labute approximate surface area is 281 Å². The summed E-state index contributed by atoms with van der Waals surface area (Å²) in [6, 6.07) is 6.21. The third-order valence-electron chi connectivity index (χ3n) is 15.5. The van der Waals surface area contributed by atoms with Crippen LogP contribution in [-0.2, 0) is 19.1 Å². The van der Waals surface area contributed by atoms with Crippen molar-refractivity contribution >= 4 is 23.5 Å². The highest BCUT2D eigenvalue weighted by Gasteiger charge is 2.70. The summed E-state index contributed by atoms with van der Waals surface area (Å²) in [5.74, 6) is 0.457. The van der Waals surface area contributed by atoms with Crippen LogP contribution in [0.5, 0.6) is 0 Å². The molecule has 2 N–H and O–H groups in total. The smallest absolute Gasteiger partial charge is 0.309 e. The van der Waals surface area contributed by atoms with Crippen LogP contribution in [0.2, 0.25) is 0 Å². The van der Waals surface area contributed by atoms with Crippen LogP contribution in [0.4, 0.5) is 10.1 Å². The van der Waals surface area contributed by atoms with Gasteiger partial charge in [0.05, 0.1) is 11.8 Å². The van der Waals surface area contributed by atoms with Gasteiger partial charge < -0.3 is 15.2 Å². The zero-order valence-electron chi connectivity index (χ0n) is 29.8. The molecule has 7 heteroatoms. The Morgan fingerprint density at radius 1 is 0.894 bits per heavy atom. The molecule has 0 heterocycles. The second-order valence-corrected chi connectivity index (χ2v) is 18.5. The largest absolute Gasteiger partial charge is 0.481 e. The minimum absolute atomic E-state index is 0.0187. The van der Waals surface area contributed by atoms with Crippen molar-refractivity contribution in [3.63, 3.8) is 0 Å². The predicted molar refractivity (Wildman–Crippen MR) is 181 cm³/mol. The molecule has 0 aromatic heterocycles. The van der Waals surface area contributed by atoms with E-state index in [1.165, 1.54) is 44.2 Å². The van der Waals surface area contributed by atoms with Crippen molar-refractivity contribution in [1.29, 1.82) is 0 Å². The molecule has 5 saturated carbocycles. The van der Waals surface area contributed by atoms with Crippen LogP contribution < -0.4 is 5.32 Å². The minimum Gasteiger partial charge on any atom is -0.481 e. The standard InChI is InChI=1S/C40H58FNO5/c1-35(2,34(45)46)24-33(44)47-31-16-18-37(5)29(36(31,3)4)15-19-39(7)30(37)14-13-27-28-12-9-17-40(28,21-20-38(27,39)6)23-32(43)42-26-11-8-10-25(41)22-26/h8,10-11,22,27-31H,9,12-21,23-24H2,1-7H3,(H,42,43)(H,45,46)/t27-,28-,29?,30?,31+,37+,38-,39-,40-/m1/s1. The molecule has 0 saturated heterocycles. The Balaban J connectivity index is 1.19. The lowest BCUT2D eigenvalue weighted by Crippen LogP contribution is -2.66. The fourth-order valence-corrected chi connectivity index (χ4v) is 12.9. The highest BCUT2D eigenvalue weighted by Crippen LogP contribution is 2.77. The van der Waals surface area contributed by atoms with Gasteiger partial charge in [0, 0.05) is 17.5 Å².